The predicted molar refractivity (Wildman–Crippen MR) is 285 cm³/mol. The summed E-state index contributed by atoms with van der Waals surface area (Å²) >= 11 is 0. The number of aryl methyl sites for hydroxylation is 2. The van der Waals surface area contributed by atoms with Crippen molar-refractivity contribution in [1.82, 2.24) is 29.2 Å². The highest BCUT2D eigenvalue weighted by molar-refractivity contribution is 6.01. The van der Waals surface area contributed by atoms with E-state index in [4.69, 9.17) is 9.47 Å². The van der Waals surface area contributed by atoms with Crippen LogP contribution < -0.4 is 14.8 Å². The lowest BCUT2D eigenvalue weighted by Gasteiger charge is -2.33. The molecule has 6 aromatic carbocycles. The summed E-state index contributed by atoms with van der Waals surface area (Å²) in [5.74, 6) is 2.31. The molecular formula is C59H68N6O6. The molecule has 2 saturated heterocycles. The fourth-order valence-corrected chi connectivity index (χ4v) is 10.6. The van der Waals surface area contributed by atoms with Crippen molar-refractivity contribution in [2.24, 2.45) is 14.1 Å². The van der Waals surface area contributed by atoms with Crippen LogP contribution in [0.4, 0.5) is 0 Å². The number of fused-ring (bicyclic) bond motifs is 4. The van der Waals surface area contributed by atoms with E-state index >= 15 is 0 Å². The van der Waals surface area contributed by atoms with Gasteiger partial charge in [0.15, 0.2) is 0 Å². The highest BCUT2D eigenvalue weighted by atomic mass is 16.5. The molecule has 0 unspecified atom stereocenters. The number of ether oxygens (including phenoxy) is 2. The van der Waals surface area contributed by atoms with E-state index in [0.29, 0.717) is 47.8 Å². The Hall–Kier alpha value is -6.70. The van der Waals surface area contributed by atoms with E-state index in [-0.39, 0.29) is 25.0 Å². The summed E-state index contributed by atoms with van der Waals surface area (Å²) in [6.45, 7) is 5.51. The molecule has 0 spiro atoms. The molecule has 12 heteroatoms. The van der Waals surface area contributed by atoms with Crippen LogP contribution >= 0.6 is 0 Å². The van der Waals surface area contributed by atoms with Gasteiger partial charge in [0.25, 0.3) is 11.8 Å². The van der Waals surface area contributed by atoms with E-state index in [0.717, 1.165) is 73.7 Å². The molecule has 8 aromatic rings. The maximum absolute atomic E-state index is 12.5. The van der Waals surface area contributed by atoms with Crippen LogP contribution in [-0.2, 0) is 14.1 Å². The molecule has 0 saturated carbocycles. The number of carbonyl (C=O) groups excluding carboxylic acids is 2. The van der Waals surface area contributed by atoms with Gasteiger partial charge in [-0.15, -0.1) is 0 Å². The Balaban J connectivity index is 0.000000176. The zero-order valence-electron chi connectivity index (χ0n) is 41.8. The monoisotopic (exact) mass is 957 g/mol. The van der Waals surface area contributed by atoms with Crippen molar-refractivity contribution < 1.29 is 29.3 Å². The first-order valence-corrected chi connectivity index (χ1v) is 25.1. The molecule has 71 heavy (non-hydrogen) atoms. The molecule has 370 valence electrons. The van der Waals surface area contributed by atoms with Gasteiger partial charge in [-0.05, 0) is 133 Å². The minimum Gasteiger partial charge on any atom is -0.490 e. The third-order valence-electron chi connectivity index (χ3n) is 14.6. The maximum Gasteiger partial charge on any atom is 0.269 e. The van der Waals surface area contributed by atoms with Crippen molar-refractivity contribution >= 4 is 55.2 Å². The van der Waals surface area contributed by atoms with Crippen LogP contribution in [0.25, 0.3) is 43.4 Å². The molecule has 0 bridgehead atoms. The number of β-amino-alcohol motifs (C(OH)–C–C–N with tert-alkyl or cyclic N) is 2. The standard InChI is InChI=1S/C30H35N3O3.C29H33N3O3/c1-31(2)30(35)28-18-26-27(32(28)3)9-6-10-29(26)36-20-25(34)19-33-15-13-22(14-16-33)24-12-11-21-7-4-5-8-23(21)17-24;1-30-29(34)27-17-25-26(31(27)2)8-5-9-28(25)35-19-24(33)18-32-14-12-21(13-15-32)23-11-10-20-6-3-4-7-22(20)16-23/h4-12,17-18,22,25,34H,13-16,19-20H2,1-3H3;3-11,16-17,21,24,33H,12-15,18-19H2,1-2H3,(H,30,34)/t25-;24-/m00/s1. The minimum absolute atomic E-state index is 0.0493. The molecule has 2 amide bonds. The van der Waals surface area contributed by atoms with Crippen molar-refractivity contribution in [2.45, 2.75) is 49.7 Å². The third-order valence-corrected chi connectivity index (χ3v) is 14.6. The van der Waals surface area contributed by atoms with Gasteiger partial charge >= 0.3 is 0 Å². The number of hydrogen-bond acceptors (Lipinski definition) is 8. The lowest BCUT2D eigenvalue weighted by atomic mass is 9.88. The van der Waals surface area contributed by atoms with Crippen molar-refractivity contribution in [3.63, 3.8) is 0 Å². The van der Waals surface area contributed by atoms with Crippen molar-refractivity contribution in [2.75, 3.05) is 73.6 Å². The summed E-state index contributed by atoms with van der Waals surface area (Å²) in [5.41, 5.74) is 5.88. The second-order valence-corrected chi connectivity index (χ2v) is 19.6. The minimum atomic E-state index is -0.580. The number of piperidine rings is 2. The van der Waals surface area contributed by atoms with Gasteiger partial charge in [-0.3, -0.25) is 9.59 Å². The number of benzene rings is 6. The zero-order chi connectivity index (χ0) is 49.6. The molecule has 0 radical (unpaired) electrons. The fraction of sp³-hybridized carbons (Fsp3) is 0.356. The molecule has 10 rings (SSSR count). The van der Waals surface area contributed by atoms with Gasteiger partial charge in [0.1, 0.15) is 48.3 Å². The van der Waals surface area contributed by atoms with Gasteiger partial charge in [-0.1, -0.05) is 97.1 Å². The van der Waals surface area contributed by atoms with Crippen LogP contribution in [0, 0.1) is 0 Å². The van der Waals surface area contributed by atoms with E-state index in [1.165, 1.54) is 32.7 Å². The van der Waals surface area contributed by atoms with Crippen LogP contribution in [-0.4, -0.2) is 132 Å². The highest BCUT2D eigenvalue weighted by Gasteiger charge is 2.25. The first kappa shape index (κ1) is 49.3. The van der Waals surface area contributed by atoms with Gasteiger partial charge < -0.3 is 48.8 Å². The molecule has 2 fully saturated rings. The first-order chi connectivity index (χ1) is 34.4. The number of likely N-dealkylation sites (tertiary alicyclic amines) is 2. The van der Waals surface area contributed by atoms with Crippen molar-refractivity contribution in [3.8, 4) is 11.5 Å². The molecule has 2 aliphatic rings. The van der Waals surface area contributed by atoms with E-state index in [1.54, 1.807) is 26.0 Å². The summed E-state index contributed by atoms with van der Waals surface area (Å²) in [6, 6.07) is 46.0. The summed E-state index contributed by atoms with van der Waals surface area (Å²) in [4.78, 5) is 30.9. The molecule has 0 aliphatic carbocycles. The van der Waals surface area contributed by atoms with Crippen LogP contribution in [0.3, 0.4) is 0 Å². The van der Waals surface area contributed by atoms with Crippen molar-refractivity contribution in [3.05, 3.63) is 156 Å². The predicted octanol–water partition coefficient (Wildman–Crippen LogP) is 8.96. The SMILES string of the molecule is CN(C)C(=O)c1cc2c(OC[C@@H](O)CN3CCC(c4ccc5ccccc5c4)CC3)cccc2n1C.CNC(=O)c1cc2c(OC[C@@H](O)CN3CCC(c4ccc5ccccc5c4)CC3)cccc2n1C. The zero-order valence-corrected chi connectivity index (χ0v) is 41.8. The van der Waals surface area contributed by atoms with Crippen LogP contribution in [0.2, 0.25) is 0 Å². The normalized spacial score (nSPS) is 15.9. The van der Waals surface area contributed by atoms with E-state index < -0.39 is 12.2 Å². The van der Waals surface area contributed by atoms with Gasteiger partial charge in [0.05, 0.1) is 11.0 Å². The van der Waals surface area contributed by atoms with E-state index in [9.17, 15) is 19.8 Å². The van der Waals surface area contributed by atoms with Crippen LogP contribution in [0.5, 0.6) is 11.5 Å². The lowest BCUT2D eigenvalue weighted by molar-refractivity contribution is 0.0598. The number of amides is 2. The Kier molecular flexibility index (Phi) is 15.4. The summed E-state index contributed by atoms with van der Waals surface area (Å²) in [5, 5.41) is 31.0. The van der Waals surface area contributed by atoms with Gasteiger partial charge in [-0.25, -0.2) is 0 Å². The Morgan fingerprint density at radius 1 is 0.577 bits per heavy atom. The first-order valence-electron chi connectivity index (χ1n) is 25.1. The summed E-state index contributed by atoms with van der Waals surface area (Å²) in [7, 11) is 8.88. The van der Waals surface area contributed by atoms with Crippen molar-refractivity contribution in [1.29, 1.82) is 0 Å². The average molecular weight is 957 g/mol. The smallest absolute Gasteiger partial charge is 0.269 e. The molecule has 2 aromatic heterocycles. The molecule has 2 atom stereocenters. The Bertz CT molecular complexity index is 3120. The van der Waals surface area contributed by atoms with Gasteiger partial charge in [0.2, 0.25) is 0 Å². The number of aromatic nitrogens is 2. The highest BCUT2D eigenvalue weighted by Crippen LogP contribution is 2.34. The summed E-state index contributed by atoms with van der Waals surface area (Å²) in [6.07, 6.45) is 3.22. The molecule has 12 nitrogen and oxygen atoms in total. The topological polar surface area (TPSA) is 125 Å². The number of carbonyl (C=O) groups is 2. The van der Waals surface area contributed by atoms with Crippen LogP contribution in [0.15, 0.2) is 133 Å². The quantitative estimate of drug-likeness (QED) is 0.0988. The number of nitrogens with one attached hydrogen (secondary N) is 1. The number of aliphatic hydroxyl groups is 2. The Labute approximate surface area is 417 Å². The third kappa shape index (κ3) is 11.3. The summed E-state index contributed by atoms with van der Waals surface area (Å²) < 4.78 is 15.8. The lowest BCUT2D eigenvalue weighted by Crippen LogP contribution is -2.40. The molecular weight excluding hydrogens is 889 g/mol. The second kappa shape index (κ2) is 22.2. The van der Waals surface area contributed by atoms with Gasteiger partial charge in [0, 0.05) is 59.1 Å². The van der Waals surface area contributed by atoms with E-state index in [1.807, 2.05) is 71.8 Å². The second-order valence-electron chi connectivity index (χ2n) is 19.6. The Morgan fingerprint density at radius 3 is 1.44 bits per heavy atom. The van der Waals surface area contributed by atoms with Gasteiger partial charge in [-0.2, -0.15) is 0 Å². The maximum atomic E-state index is 12.5. The molecule has 2 aliphatic heterocycles. The number of nitrogens with zero attached hydrogens (tertiary/aromatic N) is 5. The molecule has 4 heterocycles. The van der Waals surface area contributed by atoms with Crippen LogP contribution in [0.1, 0.15) is 69.6 Å². The number of aliphatic hydroxyl groups excluding tert-OH is 2. The Morgan fingerprint density at radius 2 is 1.00 bits per heavy atom. The fourth-order valence-electron chi connectivity index (χ4n) is 10.6. The van der Waals surface area contributed by atoms with E-state index in [2.05, 4.69) is 100 Å². The number of hydrogen-bond donors (Lipinski definition) is 3. The largest absolute Gasteiger partial charge is 0.490 e. The average Bonchev–Trinajstić information content (AvgIpc) is 3.93. The molecule has 3 N–H and O–H groups in total. The number of rotatable bonds is 14.